The molecule has 1 saturated heterocycles. The fourth-order valence-electron chi connectivity index (χ4n) is 1.76. The standard InChI is InChI=1S/C11H22N2O3/c1-3-7-16-10-8-13(6-5-9(10)12)11(14)15-4-2/h9-10H,3-8,12H2,1-2H3. The van der Waals surface area contributed by atoms with Crippen LogP contribution < -0.4 is 5.73 Å². The van der Waals surface area contributed by atoms with Crippen molar-refractivity contribution in [2.45, 2.75) is 38.8 Å². The third-order valence-corrected chi connectivity index (χ3v) is 2.67. The number of carbonyl (C=O) groups is 1. The predicted octanol–water partition coefficient (Wildman–Crippen LogP) is 0.971. The van der Waals surface area contributed by atoms with Crippen molar-refractivity contribution in [1.29, 1.82) is 0 Å². The van der Waals surface area contributed by atoms with Gasteiger partial charge in [-0.3, -0.25) is 0 Å². The number of carbonyl (C=O) groups excluding carboxylic acids is 1. The van der Waals surface area contributed by atoms with Gasteiger partial charge >= 0.3 is 6.09 Å². The summed E-state index contributed by atoms with van der Waals surface area (Å²) in [5.74, 6) is 0. The number of rotatable bonds is 4. The first-order valence-corrected chi connectivity index (χ1v) is 5.97. The number of nitrogens with two attached hydrogens (primary N) is 1. The van der Waals surface area contributed by atoms with E-state index in [-0.39, 0.29) is 18.2 Å². The van der Waals surface area contributed by atoms with E-state index in [1.54, 1.807) is 11.8 Å². The van der Waals surface area contributed by atoms with Crippen molar-refractivity contribution >= 4 is 6.09 Å². The number of hydrogen-bond donors (Lipinski definition) is 1. The molecule has 1 aliphatic heterocycles. The Hall–Kier alpha value is -0.810. The molecule has 0 saturated carbocycles. The normalized spacial score (nSPS) is 25.6. The summed E-state index contributed by atoms with van der Waals surface area (Å²) in [6, 6.07) is 0.0252. The number of amides is 1. The van der Waals surface area contributed by atoms with Crippen molar-refractivity contribution in [1.82, 2.24) is 4.90 Å². The first kappa shape index (κ1) is 13.3. The molecule has 16 heavy (non-hydrogen) atoms. The minimum atomic E-state index is -0.264. The first-order chi connectivity index (χ1) is 7.69. The number of piperidine rings is 1. The molecule has 0 radical (unpaired) electrons. The maximum Gasteiger partial charge on any atom is 0.409 e. The van der Waals surface area contributed by atoms with E-state index in [1.807, 2.05) is 0 Å². The summed E-state index contributed by atoms with van der Waals surface area (Å²) in [4.78, 5) is 13.2. The molecule has 1 amide bonds. The average Bonchev–Trinajstić information content (AvgIpc) is 2.28. The van der Waals surface area contributed by atoms with Crippen molar-refractivity contribution < 1.29 is 14.3 Å². The Morgan fingerprint density at radius 3 is 2.88 bits per heavy atom. The molecule has 2 N–H and O–H groups in total. The number of ether oxygens (including phenoxy) is 2. The van der Waals surface area contributed by atoms with Crippen LogP contribution in [-0.2, 0) is 9.47 Å². The van der Waals surface area contributed by atoms with Gasteiger partial charge in [-0.15, -0.1) is 0 Å². The van der Waals surface area contributed by atoms with Crippen LogP contribution in [0.1, 0.15) is 26.7 Å². The van der Waals surface area contributed by atoms with E-state index in [4.69, 9.17) is 15.2 Å². The lowest BCUT2D eigenvalue weighted by Crippen LogP contribution is -2.53. The van der Waals surface area contributed by atoms with Crippen molar-refractivity contribution in [2.75, 3.05) is 26.3 Å². The molecule has 0 aliphatic carbocycles. The molecule has 1 rings (SSSR count). The van der Waals surface area contributed by atoms with Crippen LogP contribution in [-0.4, -0.2) is 49.4 Å². The van der Waals surface area contributed by atoms with E-state index in [0.717, 1.165) is 12.8 Å². The highest BCUT2D eigenvalue weighted by atomic mass is 16.6. The van der Waals surface area contributed by atoms with Crippen LogP contribution in [0.2, 0.25) is 0 Å². The van der Waals surface area contributed by atoms with E-state index < -0.39 is 0 Å². The highest BCUT2D eigenvalue weighted by molar-refractivity contribution is 5.67. The molecule has 1 fully saturated rings. The fraction of sp³-hybridized carbons (Fsp3) is 0.909. The van der Waals surface area contributed by atoms with Crippen molar-refractivity contribution in [2.24, 2.45) is 5.73 Å². The summed E-state index contributed by atoms with van der Waals surface area (Å²) in [6.07, 6.45) is 1.41. The summed E-state index contributed by atoms with van der Waals surface area (Å²) in [7, 11) is 0. The largest absolute Gasteiger partial charge is 0.450 e. The zero-order valence-electron chi connectivity index (χ0n) is 10.1. The summed E-state index contributed by atoms with van der Waals surface area (Å²) in [5, 5.41) is 0. The fourth-order valence-corrected chi connectivity index (χ4v) is 1.76. The molecule has 5 nitrogen and oxygen atoms in total. The molecule has 94 valence electrons. The van der Waals surface area contributed by atoms with Gasteiger partial charge in [-0.2, -0.15) is 0 Å². The van der Waals surface area contributed by atoms with Crippen molar-refractivity contribution in [3.63, 3.8) is 0 Å². The Balaban J connectivity index is 2.43. The monoisotopic (exact) mass is 230 g/mol. The molecule has 0 aromatic carbocycles. The third kappa shape index (κ3) is 3.64. The third-order valence-electron chi connectivity index (χ3n) is 2.67. The Bertz CT molecular complexity index is 223. The van der Waals surface area contributed by atoms with Crippen LogP contribution >= 0.6 is 0 Å². The molecular weight excluding hydrogens is 208 g/mol. The second-order valence-corrected chi connectivity index (χ2v) is 4.01. The Labute approximate surface area is 96.9 Å². The summed E-state index contributed by atoms with van der Waals surface area (Å²) in [5.41, 5.74) is 5.95. The molecule has 1 aliphatic rings. The first-order valence-electron chi connectivity index (χ1n) is 5.97. The molecule has 2 unspecified atom stereocenters. The van der Waals surface area contributed by atoms with Crippen LogP contribution in [0.25, 0.3) is 0 Å². The molecule has 0 bridgehead atoms. The van der Waals surface area contributed by atoms with E-state index >= 15 is 0 Å². The van der Waals surface area contributed by atoms with Crippen molar-refractivity contribution in [3.8, 4) is 0 Å². The van der Waals surface area contributed by atoms with Crippen LogP contribution in [0.5, 0.6) is 0 Å². The van der Waals surface area contributed by atoms with Gasteiger partial charge in [0.05, 0.1) is 19.3 Å². The van der Waals surface area contributed by atoms with Gasteiger partial charge in [0.25, 0.3) is 0 Å². The number of nitrogens with zero attached hydrogens (tertiary/aromatic N) is 1. The zero-order valence-corrected chi connectivity index (χ0v) is 10.1. The minimum Gasteiger partial charge on any atom is -0.450 e. The average molecular weight is 230 g/mol. The second-order valence-electron chi connectivity index (χ2n) is 4.01. The van der Waals surface area contributed by atoms with Crippen LogP contribution in [0.15, 0.2) is 0 Å². The van der Waals surface area contributed by atoms with Gasteiger partial charge in [-0.25, -0.2) is 4.79 Å². The highest BCUT2D eigenvalue weighted by Gasteiger charge is 2.30. The lowest BCUT2D eigenvalue weighted by molar-refractivity contribution is -0.0126. The topological polar surface area (TPSA) is 64.8 Å². The summed E-state index contributed by atoms with van der Waals surface area (Å²) >= 11 is 0. The number of hydrogen-bond acceptors (Lipinski definition) is 4. The predicted molar refractivity (Wildman–Crippen MR) is 61.2 cm³/mol. The van der Waals surface area contributed by atoms with Gasteiger partial charge in [0.15, 0.2) is 0 Å². The Kier molecular flexibility index (Phi) is 5.55. The van der Waals surface area contributed by atoms with E-state index in [9.17, 15) is 4.79 Å². The van der Waals surface area contributed by atoms with Gasteiger partial charge in [-0.05, 0) is 19.8 Å². The van der Waals surface area contributed by atoms with E-state index in [2.05, 4.69) is 6.92 Å². The second kappa shape index (κ2) is 6.70. The summed E-state index contributed by atoms with van der Waals surface area (Å²) in [6.45, 7) is 6.15. The highest BCUT2D eigenvalue weighted by Crippen LogP contribution is 2.13. The van der Waals surface area contributed by atoms with Crippen LogP contribution in [0.3, 0.4) is 0 Å². The van der Waals surface area contributed by atoms with Crippen molar-refractivity contribution in [3.05, 3.63) is 0 Å². The molecule has 2 atom stereocenters. The summed E-state index contributed by atoms with van der Waals surface area (Å²) < 4.78 is 10.6. The van der Waals surface area contributed by atoms with Gasteiger partial charge in [0.1, 0.15) is 0 Å². The van der Waals surface area contributed by atoms with Gasteiger partial charge in [0.2, 0.25) is 0 Å². The Morgan fingerprint density at radius 2 is 2.25 bits per heavy atom. The van der Waals surface area contributed by atoms with E-state index in [1.165, 1.54) is 0 Å². The Morgan fingerprint density at radius 1 is 1.50 bits per heavy atom. The lowest BCUT2D eigenvalue weighted by atomic mass is 10.0. The molecule has 0 aromatic rings. The maximum atomic E-state index is 11.5. The van der Waals surface area contributed by atoms with Crippen LogP contribution in [0, 0.1) is 0 Å². The van der Waals surface area contributed by atoms with Gasteiger partial charge in [0, 0.05) is 19.2 Å². The molecule has 5 heteroatoms. The lowest BCUT2D eigenvalue weighted by Gasteiger charge is -2.35. The van der Waals surface area contributed by atoms with Gasteiger partial charge in [-0.1, -0.05) is 6.92 Å². The quantitative estimate of drug-likeness (QED) is 0.781. The SMILES string of the molecule is CCCOC1CN(C(=O)OCC)CCC1N. The minimum absolute atomic E-state index is 0.0252. The van der Waals surface area contributed by atoms with E-state index in [0.29, 0.717) is 26.3 Å². The number of likely N-dealkylation sites (tertiary alicyclic amines) is 1. The smallest absolute Gasteiger partial charge is 0.409 e. The maximum absolute atomic E-state index is 11.5. The molecular formula is C11H22N2O3. The molecule has 0 aromatic heterocycles. The zero-order chi connectivity index (χ0) is 12.0. The molecule has 1 heterocycles. The van der Waals surface area contributed by atoms with Crippen LogP contribution in [0.4, 0.5) is 4.79 Å². The van der Waals surface area contributed by atoms with Gasteiger partial charge < -0.3 is 20.1 Å². The molecule has 0 spiro atoms.